The predicted molar refractivity (Wildman–Crippen MR) is 120 cm³/mol. The molecule has 29 heavy (non-hydrogen) atoms. The molecule has 10 atom stereocenters. The van der Waals surface area contributed by atoms with Gasteiger partial charge < -0.3 is 10.2 Å². The predicted octanol–water partition coefficient (Wildman–Crippen LogP) is 6.44. The highest BCUT2D eigenvalue weighted by Gasteiger charge is 2.60. The van der Waals surface area contributed by atoms with Gasteiger partial charge in [-0.05, 0) is 116 Å². The summed E-state index contributed by atoms with van der Waals surface area (Å²) in [5.41, 5.74) is 1.08. The van der Waals surface area contributed by atoms with E-state index < -0.39 is 0 Å². The smallest absolute Gasteiger partial charge is 0.0543 e. The zero-order valence-corrected chi connectivity index (χ0v) is 19.7. The van der Waals surface area contributed by atoms with Gasteiger partial charge in [-0.2, -0.15) is 0 Å². The summed E-state index contributed by atoms with van der Waals surface area (Å²) < 4.78 is 0. The molecule has 168 valence electrons. The Bertz CT molecular complexity index is 561. The van der Waals surface area contributed by atoms with E-state index in [2.05, 4.69) is 27.7 Å². The molecule has 2 heteroatoms. The summed E-state index contributed by atoms with van der Waals surface area (Å²) in [5.74, 6) is 5.83. The average molecular weight is 405 g/mol. The molecule has 10 unspecified atom stereocenters. The SMILES string of the molecule is CC(CO)CCCC(C)C1CCC2C3CCC4CC(O)CCC4(C)C3CCC12C. The number of rotatable bonds is 6. The van der Waals surface area contributed by atoms with Gasteiger partial charge in [0.1, 0.15) is 0 Å². The van der Waals surface area contributed by atoms with Crippen LogP contribution >= 0.6 is 0 Å². The van der Waals surface area contributed by atoms with Crippen LogP contribution in [0, 0.1) is 52.3 Å². The molecule has 0 radical (unpaired) electrons. The van der Waals surface area contributed by atoms with Crippen molar-refractivity contribution >= 4 is 0 Å². The van der Waals surface area contributed by atoms with Crippen molar-refractivity contribution in [1.29, 1.82) is 0 Å². The van der Waals surface area contributed by atoms with Gasteiger partial charge in [0.2, 0.25) is 0 Å². The van der Waals surface area contributed by atoms with Crippen LogP contribution < -0.4 is 0 Å². The maximum Gasteiger partial charge on any atom is 0.0543 e. The number of hydrogen-bond acceptors (Lipinski definition) is 2. The van der Waals surface area contributed by atoms with E-state index in [4.69, 9.17) is 0 Å². The third-order valence-electron chi connectivity index (χ3n) is 11.1. The van der Waals surface area contributed by atoms with Gasteiger partial charge in [-0.25, -0.2) is 0 Å². The summed E-state index contributed by atoms with van der Waals surface area (Å²) in [5, 5.41) is 19.6. The molecule has 2 nitrogen and oxygen atoms in total. The van der Waals surface area contributed by atoms with Crippen molar-refractivity contribution in [3.05, 3.63) is 0 Å². The summed E-state index contributed by atoms with van der Waals surface area (Å²) in [6.07, 6.45) is 15.8. The van der Waals surface area contributed by atoms with Crippen LogP contribution in [0.5, 0.6) is 0 Å². The Hall–Kier alpha value is -0.0800. The molecule has 2 N–H and O–H groups in total. The number of hydrogen-bond donors (Lipinski definition) is 2. The van der Waals surface area contributed by atoms with Gasteiger partial charge in [0.15, 0.2) is 0 Å². The van der Waals surface area contributed by atoms with E-state index in [1.165, 1.54) is 64.2 Å². The normalized spacial score (nSPS) is 49.0. The van der Waals surface area contributed by atoms with Crippen molar-refractivity contribution in [2.75, 3.05) is 6.61 Å². The van der Waals surface area contributed by atoms with Crippen molar-refractivity contribution < 1.29 is 10.2 Å². The quantitative estimate of drug-likeness (QED) is 0.534. The van der Waals surface area contributed by atoms with Crippen molar-refractivity contribution in [1.82, 2.24) is 0 Å². The first-order valence-electron chi connectivity index (χ1n) is 13.1. The van der Waals surface area contributed by atoms with E-state index >= 15 is 0 Å². The molecule has 0 aliphatic heterocycles. The molecule has 4 fully saturated rings. The first-order chi connectivity index (χ1) is 13.8. The number of fused-ring (bicyclic) bond motifs is 5. The second-order valence-electron chi connectivity index (χ2n) is 12.5. The Balaban J connectivity index is 1.43. The topological polar surface area (TPSA) is 40.5 Å². The molecule has 4 aliphatic rings. The lowest BCUT2D eigenvalue weighted by molar-refractivity contribution is -0.129. The third kappa shape index (κ3) is 3.84. The lowest BCUT2D eigenvalue weighted by Gasteiger charge is -2.61. The molecule has 0 aromatic rings. The molecule has 0 heterocycles. The fourth-order valence-electron chi connectivity index (χ4n) is 9.29. The van der Waals surface area contributed by atoms with E-state index in [-0.39, 0.29) is 6.10 Å². The average Bonchev–Trinajstić information content (AvgIpc) is 3.05. The molecule has 4 aliphatic carbocycles. The first-order valence-corrected chi connectivity index (χ1v) is 13.1. The van der Waals surface area contributed by atoms with Gasteiger partial charge in [-0.3, -0.25) is 0 Å². The molecule has 0 aromatic heterocycles. The van der Waals surface area contributed by atoms with E-state index in [1.807, 2.05) is 0 Å². The molecule has 0 aromatic carbocycles. The Labute approximate surface area is 180 Å². The van der Waals surface area contributed by atoms with Crippen molar-refractivity contribution in [3.8, 4) is 0 Å². The van der Waals surface area contributed by atoms with E-state index in [0.29, 0.717) is 23.4 Å². The van der Waals surface area contributed by atoms with Gasteiger partial charge in [-0.15, -0.1) is 0 Å². The van der Waals surface area contributed by atoms with Crippen molar-refractivity contribution in [3.63, 3.8) is 0 Å². The summed E-state index contributed by atoms with van der Waals surface area (Å²) in [4.78, 5) is 0. The zero-order valence-electron chi connectivity index (χ0n) is 19.7. The Morgan fingerprint density at radius 3 is 2.34 bits per heavy atom. The minimum Gasteiger partial charge on any atom is -0.396 e. The number of aliphatic hydroxyl groups excluding tert-OH is 2. The van der Waals surface area contributed by atoms with Crippen LogP contribution in [0.3, 0.4) is 0 Å². The second kappa shape index (κ2) is 8.45. The molecular weight excluding hydrogens is 356 g/mol. The molecule has 0 amide bonds. The van der Waals surface area contributed by atoms with Crippen LogP contribution in [-0.4, -0.2) is 22.9 Å². The van der Waals surface area contributed by atoms with Crippen molar-refractivity contribution in [2.24, 2.45) is 52.3 Å². The highest BCUT2D eigenvalue weighted by atomic mass is 16.3. The summed E-state index contributed by atoms with van der Waals surface area (Å²) >= 11 is 0. The Morgan fingerprint density at radius 2 is 1.59 bits per heavy atom. The van der Waals surface area contributed by atoms with Crippen molar-refractivity contribution in [2.45, 2.75) is 111 Å². The maximum absolute atomic E-state index is 10.3. The highest BCUT2D eigenvalue weighted by Crippen LogP contribution is 2.68. The molecule has 0 bridgehead atoms. The lowest BCUT2D eigenvalue weighted by Crippen LogP contribution is -2.54. The molecular formula is C27H48O2. The monoisotopic (exact) mass is 404 g/mol. The van der Waals surface area contributed by atoms with Crippen LogP contribution in [-0.2, 0) is 0 Å². The van der Waals surface area contributed by atoms with Crippen LogP contribution in [0.4, 0.5) is 0 Å². The lowest BCUT2D eigenvalue weighted by atomic mass is 9.44. The first kappa shape index (κ1) is 22.1. The van der Waals surface area contributed by atoms with Gasteiger partial charge in [0.25, 0.3) is 0 Å². The summed E-state index contributed by atoms with van der Waals surface area (Å²) in [7, 11) is 0. The zero-order chi connectivity index (χ0) is 20.8. The largest absolute Gasteiger partial charge is 0.396 e. The molecule has 0 spiro atoms. The number of aliphatic hydroxyl groups is 2. The van der Waals surface area contributed by atoms with E-state index in [1.54, 1.807) is 0 Å². The summed E-state index contributed by atoms with van der Waals surface area (Å²) in [6, 6.07) is 0. The molecule has 4 saturated carbocycles. The fourth-order valence-corrected chi connectivity index (χ4v) is 9.29. The highest BCUT2D eigenvalue weighted by molar-refractivity contribution is 5.09. The second-order valence-corrected chi connectivity index (χ2v) is 12.5. The Morgan fingerprint density at radius 1 is 0.862 bits per heavy atom. The Kier molecular flexibility index (Phi) is 6.45. The fraction of sp³-hybridized carbons (Fsp3) is 1.00. The third-order valence-corrected chi connectivity index (χ3v) is 11.1. The minimum absolute atomic E-state index is 0.0243. The van der Waals surface area contributed by atoms with Gasteiger partial charge in [0.05, 0.1) is 6.10 Å². The van der Waals surface area contributed by atoms with Crippen LogP contribution in [0.25, 0.3) is 0 Å². The van der Waals surface area contributed by atoms with Gasteiger partial charge in [0, 0.05) is 6.61 Å². The molecule has 0 saturated heterocycles. The summed E-state index contributed by atoms with van der Waals surface area (Å²) in [6.45, 7) is 10.4. The van der Waals surface area contributed by atoms with Crippen LogP contribution in [0.2, 0.25) is 0 Å². The van der Waals surface area contributed by atoms with E-state index in [0.717, 1.165) is 48.3 Å². The standard InChI is InChI=1S/C27H48O2/c1-18(17-28)6-5-7-19(2)23-10-11-24-22-9-8-20-16-21(29)12-14-26(20,3)25(22)13-15-27(23,24)4/h18-25,28-29H,5-17H2,1-4H3. The van der Waals surface area contributed by atoms with Crippen LogP contribution in [0.1, 0.15) is 105 Å². The molecule has 4 rings (SSSR count). The maximum atomic E-state index is 10.3. The van der Waals surface area contributed by atoms with Gasteiger partial charge >= 0.3 is 0 Å². The minimum atomic E-state index is -0.0243. The van der Waals surface area contributed by atoms with Gasteiger partial charge in [-0.1, -0.05) is 40.5 Å². The van der Waals surface area contributed by atoms with Crippen LogP contribution in [0.15, 0.2) is 0 Å². The van der Waals surface area contributed by atoms with E-state index in [9.17, 15) is 10.2 Å².